The maximum absolute atomic E-state index is 13.2. The summed E-state index contributed by atoms with van der Waals surface area (Å²) in [5.41, 5.74) is 3.93. The first kappa shape index (κ1) is 24.5. The number of carbonyl (C=O) groups excluding carboxylic acids is 1. The van der Waals surface area contributed by atoms with Gasteiger partial charge in [-0.3, -0.25) is 4.79 Å². The normalized spacial score (nSPS) is 15.6. The summed E-state index contributed by atoms with van der Waals surface area (Å²) in [6.45, 7) is 6.81. The van der Waals surface area contributed by atoms with Crippen molar-refractivity contribution in [1.29, 1.82) is 0 Å². The zero-order chi connectivity index (χ0) is 24.1. The van der Waals surface area contributed by atoms with E-state index in [1.165, 1.54) is 27.9 Å². The van der Waals surface area contributed by atoms with E-state index in [0.29, 0.717) is 31.8 Å². The first-order valence-electron chi connectivity index (χ1n) is 12.4. The summed E-state index contributed by atoms with van der Waals surface area (Å²) in [7, 11) is -3.65. The van der Waals surface area contributed by atoms with Crippen LogP contribution in [0.2, 0.25) is 0 Å². The van der Waals surface area contributed by atoms with E-state index >= 15 is 0 Å². The summed E-state index contributed by atoms with van der Waals surface area (Å²) in [6.07, 6.45) is 5.55. The molecule has 0 spiro atoms. The molecule has 1 heterocycles. The second-order valence-electron chi connectivity index (χ2n) is 8.85. The van der Waals surface area contributed by atoms with Gasteiger partial charge in [0.25, 0.3) is 5.91 Å². The van der Waals surface area contributed by atoms with E-state index in [-0.39, 0.29) is 10.8 Å². The molecule has 2 aromatic rings. The molecule has 1 N–H and O–H groups in total. The SMILES string of the molecule is CCN(CC)S(=O)(=O)c1ccc(N2CCCC2)c(C(=O)NCCOc2ccc3c(c2)CCC3)c1. The summed E-state index contributed by atoms with van der Waals surface area (Å²) >= 11 is 0. The molecule has 8 heteroatoms. The highest BCUT2D eigenvalue weighted by Crippen LogP contribution is 2.29. The Morgan fingerprint density at radius 1 is 1.00 bits per heavy atom. The molecule has 34 heavy (non-hydrogen) atoms. The van der Waals surface area contributed by atoms with Crippen LogP contribution in [0.25, 0.3) is 0 Å². The van der Waals surface area contributed by atoms with Crippen LogP contribution in [-0.2, 0) is 22.9 Å². The lowest BCUT2D eigenvalue weighted by molar-refractivity contribution is 0.0947. The number of nitrogens with zero attached hydrogens (tertiary/aromatic N) is 2. The van der Waals surface area contributed by atoms with E-state index in [0.717, 1.165) is 50.2 Å². The Hall–Kier alpha value is -2.58. The molecule has 0 aromatic heterocycles. The molecule has 1 amide bonds. The summed E-state index contributed by atoms with van der Waals surface area (Å²) in [5, 5.41) is 2.92. The topological polar surface area (TPSA) is 79.0 Å². The van der Waals surface area contributed by atoms with Gasteiger partial charge in [-0.1, -0.05) is 19.9 Å². The number of hydrogen-bond acceptors (Lipinski definition) is 5. The average molecular weight is 486 g/mol. The number of ether oxygens (including phenoxy) is 1. The quantitative estimate of drug-likeness (QED) is 0.520. The van der Waals surface area contributed by atoms with Gasteiger partial charge in [0.15, 0.2) is 0 Å². The molecule has 2 aliphatic rings. The fourth-order valence-electron chi connectivity index (χ4n) is 4.87. The van der Waals surface area contributed by atoms with Crippen LogP contribution in [0.3, 0.4) is 0 Å². The minimum absolute atomic E-state index is 0.152. The molecule has 4 rings (SSSR count). The van der Waals surface area contributed by atoms with Crippen LogP contribution in [0.5, 0.6) is 5.75 Å². The molecule has 1 fully saturated rings. The van der Waals surface area contributed by atoms with E-state index in [1.807, 2.05) is 19.9 Å². The molecular weight excluding hydrogens is 450 g/mol. The number of carbonyl (C=O) groups is 1. The van der Waals surface area contributed by atoms with Crippen LogP contribution in [0.1, 0.15) is 54.6 Å². The third kappa shape index (κ3) is 5.23. The maximum Gasteiger partial charge on any atom is 0.253 e. The van der Waals surface area contributed by atoms with Crippen molar-refractivity contribution in [3.63, 3.8) is 0 Å². The Balaban J connectivity index is 1.47. The van der Waals surface area contributed by atoms with Gasteiger partial charge in [0, 0.05) is 31.9 Å². The lowest BCUT2D eigenvalue weighted by atomic mass is 10.1. The van der Waals surface area contributed by atoms with E-state index in [9.17, 15) is 13.2 Å². The molecule has 7 nitrogen and oxygen atoms in total. The van der Waals surface area contributed by atoms with Crippen LogP contribution in [0.15, 0.2) is 41.3 Å². The van der Waals surface area contributed by atoms with Crippen molar-refractivity contribution in [1.82, 2.24) is 9.62 Å². The first-order valence-corrected chi connectivity index (χ1v) is 13.8. The number of fused-ring (bicyclic) bond motifs is 1. The Bertz CT molecular complexity index is 1120. The molecule has 184 valence electrons. The van der Waals surface area contributed by atoms with Gasteiger partial charge < -0.3 is 15.0 Å². The predicted octanol–water partition coefficient (Wildman–Crippen LogP) is 3.61. The van der Waals surface area contributed by atoms with Crippen molar-refractivity contribution < 1.29 is 17.9 Å². The molecule has 1 aliphatic heterocycles. The third-order valence-corrected chi connectivity index (χ3v) is 8.77. The fraction of sp³-hybridized carbons (Fsp3) is 0.500. The predicted molar refractivity (Wildman–Crippen MR) is 134 cm³/mol. The van der Waals surface area contributed by atoms with Gasteiger partial charge in [0.2, 0.25) is 10.0 Å². The van der Waals surface area contributed by atoms with Crippen LogP contribution in [0, 0.1) is 0 Å². The lowest BCUT2D eigenvalue weighted by Gasteiger charge is -2.23. The molecule has 0 radical (unpaired) electrons. The Labute approximate surface area is 203 Å². The van der Waals surface area contributed by atoms with E-state index in [1.54, 1.807) is 12.1 Å². The largest absolute Gasteiger partial charge is 0.492 e. The number of nitrogens with one attached hydrogen (secondary N) is 1. The molecule has 0 bridgehead atoms. The van der Waals surface area contributed by atoms with Crippen molar-refractivity contribution in [2.75, 3.05) is 44.2 Å². The Morgan fingerprint density at radius 3 is 2.47 bits per heavy atom. The second-order valence-corrected chi connectivity index (χ2v) is 10.8. The van der Waals surface area contributed by atoms with Gasteiger partial charge >= 0.3 is 0 Å². The molecule has 1 saturated heterocycles. The van der Waals surface area contributed by atoms with Crippen molar-refractivity contribution in [3.05, 3.63) is 53.1 Å². The van der Waals surface area contributed by atoms with Gasteiger partial charge in [0.1, 0.15) is 12.4 Å². The number of sulfonamides is 1. The van der Waals surface area contributed by atoms with Crippen molar-refractivity contribution in [2.45, 2.75) is 50.8 Å². The third-order valence-electron chi connectivity index (χ3n) is 6.73. The van der Waals surface area contributed by atoms with E-state index in [4.69, 9.17) is 4.74 Å². The Morgan fingerprint density at radius 2 is 1.74 bits per heavy atom. The van der Waals surface area contributed by atoms with Gasteiger partial charge in [-0.2, -0.15) is 4.31 Å². The standard InChI is InChI=1S/C26H35N3O4S/c1-3-29(4-2)34(31,32)23-12-13-25(28-15-5-6-16-28)24(19-23)26(30)27-14-17-33-22-11-10-20-8-7-9-21(20)18-22/h10-13,18-19H,3-9,14-17H2,1-2H3,(H,27,30). The summed E-state index contributed by atoms with van der Waals surface area (Å²) < 4.78 is 33.4. The first-order chi connectivity index (χ1) is 16.4. The van der Waals surface area contributed by atoms with Crippen molar-refractivity contribution in [2.24, 2.45) is 0 Å². The van der Waals surface area contributed by atoms with E-state index in [2.05, 4.69) is 22.3 Å². The fourth-order valence-corrected chi connectivity index (χ4v) is 6.36. The minimum Gasteiger partial charge on any atom is -0.492 e. The molecule has 0 unspecified atom stereocenters. The highest BCUT2D eigenvalue weighted by atomic mass is 32.2. The molecule has 1 aliphatic carbocycles. The summed E-state index contributed by atoms with van der Waals surface area (Å²) in [4.78, 5) is 15.5. The minimum atomic E-state index is -3.65. The van der Waals surface area contributed by atoms with Gasteiger partial charge in [-0.15, -0.1) is 0 Å². The van der Waals surface area contributed by atoms with Crippen LogP contribution >= 0.6 is 0 Å². The van der Waals surface area contributed by atoms with Gasteiger partial charge in [0.05, 0.1) is 17.0 Å². The number of amides is 1. The average Bonchev–Trinajstić information content (AvgIpc) is 3.54. The molecular formula is C26H35N3O4S. The maximum atomic E-state index is 13.2. The van der Waals surface area contributed by atoms with Crippen LogP contribution < -0.4 is 15.0 Å². The summed E-state index contributed by atoms with van der Waals surface area (Å²) in [6, 6.07) is 11.1. The van der Waals surface area contributed by atoms with Gasteiger partial charge in [-0.25, -0.2) is 8.42 Å². The zero-order valence-corrected chi connectivity index (χ0v) is 21.0. The number of hydrogen-bond donors (Lipinski definition) is 1. The molecule has 2 aromatic carbocycles. The lowest BCUT2D eigenvalue weighted by Crippen LogP contribution is -2.32. The highest BCUT2D eigenvalue weighted by Gasteiger charge is 2.26. The zero-order valence-electron chi connectivity index (χ0n) is 20.2. The van der Waals surface area contributed by atoms with E-state index < -0.39 is 10.0 Å². The smallest absolute Gasteiger partial charge is 0.253 e. The monoisotopic (exact) mass is 485 g/mol. The second kappa shape index (κ2) is 10.8. The highest BCUT2D eigenvalue weighted by molar-refractivity contribution is 7.89. The van der Waals surface area contributed by atoms with Crippen LogP contribution in [-0.4, -0.2) is 58.0 Å². The summed E-state index contributed by atoms with van der Waals surface area (Å²) in [5.74, 6) is 0.538. The number of rotatable bonds is 10. The Kier molecular flexibility index (Phi) is 7.78. The number of benzene rings is 2. The van der Waals surface area contributed by atoms with Gasteiger partial charge in [-0.05, 0) is 73.6 Å². The van der Waals surface area contributed by atoms with Crippen LogP contribution in [0.4, 0.5) is 5.69 Å². The number of anilines is 1. The number of aryl methyl sites for hydroxylation is 2. The van der Waals surface area contributed by atoms with Crippen molar-refractivity contribution >= 4 is 21.6 Å². The molecule has 0 atom stereocenters. The molecule has 0 saturated carbocycles. The van der Waals surface area contributed by atoms with Crippen molar-refractivity contribution in [3.8, 4) is 5.75 Å².